The summed E-state index contributed by atoms with van der Waals surface area (Å²) in [6.07, 6.45) is 0. The topological polar surface area (TPSA) is 32.8 Å². The second kappa shape index (κ2) is 15.9. The summed E-state index contributed by atoms with van der Waals surface area (Å²) in [4.78, 5) is 4.70. The normalized spacial score (nSPS) is 11.7. The fraction of sp³-hybridized carbons (Fsp3) is 0.0312. The van der Waals surface area contributed by atoms with Gasteiger partial charge in [-0.1, -0.05) is 133 Å². The number of aryl methyl sites for hydroxylation is 2. The van der Waals surface area contributed by atoms with E-state index in [9.17, 15) is 0 Å². The van der Waals surface area contributed by atoms with Crippen molar-refractivity contribution in [1.29, 1.82) is 0 Å². The van der Waals surface area contributed by atoms with E-state index in [4.69, 9.17) is 8.83 Å². The van der Waals surface area contributed by atoms with Crippen LogP contribution >= 0.6 is 0 Å². The first kappa shape index (κ1) is 39.5. The maximum absolute atomic E-state index is 6.83. The number of fused-ring (bicyclic) bond motifs is 9. The number of furan rings is 2. The summed E-state index contributed by atoms with van der Waals surface area (Å²) in [5.41, 5.74) is 17.0. The zero-order chi connectivity index (χ0) is 45.3. The SMILES string of the molecule is Cc1ccccc1N(c1ccc(-c2ccccc2)cc1)c1ccc2cc3c(cc2c1)oc1c3ccc2c3cc4ccc(N(c5ccc(-c6ccccc6)cc5)c5ccccc5C)cc4cc3oc21. The van der Waals surface area contributed by atoms with Crippen LogP contribution in [0.1, 0.15) is 11.1 Å². The van der Waals surface area contributed by atoms with Gasteiger partial charge in [-0.3, -0.25) is 0 Å². The highest BCUT2D eigenvalue weighted by Gasteiger charge is 2.21. The van der Waals surface area contributed by atoms with Crippen molar-refractivity contribution in [3.63, 3.8) is 0 Å². The van der Waals surface area contributed by atoms with Gasteiger partial charge in [0.15, 0.2) is 11.2 Å². The Labute approximate surface area is 394 Å². The van der Waals surface area contributed by atoms with Crippen molar-refractivity contribution >= 4 is 99.5 Å². The number of benzene rings is 11. The number of rotatable bonds is 8. The summed E-state index contributed by atoms with van der Waals surface area (Å²) in [5.74, 6) is 0. The molecule has 0 fully saturated rings. The van der Waals surface area contributed by atoms with Gasteiger partial charge in [0.25, 0.3) is 0 Å². The van der Waals surface area contributed by atoms with E-state index in [2.05, 4.69) is 254 Å². The highest BCUT2D eigenvalue weighted by Crippen LogP contribution is 2.44. The zero-order valence-electron chi connectivity index (χ0n) is 37.7. The highest BCUT2D eigenvalue weighted by molar-refractivity contribution is 6.21. The van der Waals surface area contributed by atoms with Crippen molar-refractivity contribution in [3.8, 4) is 22.3 Å². The number of para-hydroxylation sites is 2. The molecule has 0 N–H and O–H groups in total. The van der Waals surface area contributed by atoms with Gasteiger partial charge in [0, 0.05) is 55.7 Å². The Morgan fingerprint density at radius 1 is 0.279 bits per heavy atom. The van der Waals surface area contributed by atoms with Gasteiger partial charge in [0.05, 0.1) is 0 Å². The summed E-state index contributed by atoms with van der Waals surface area (Å²) in [6.45, 7) is 4.34. The lowest BCUT2D eigenvalue weighted by molar-refractivity contribution is 0.634. The van der Waals surface area contributed by atoms with Gasteiger partial charge in [-0.2, -0.15) is 0 Å². The monoisotopic (exact) mass is 872 g/mol. The van der Waals surface area contributed by atoms with Gasteiger partial charge in [-0.15, -0.1) is 0 Å². The maximum Gasteiger partial charge on any atom is 0.178 e. The molecule has 68 heavy (non-hydrogen) atoms. The molecular weight excluding hydrogens is 829 g/mol. The first-order valence-corrected chi connectivity index (χ1v) is 23.2. The van der Waals surface area contributed by atoms with Gasteiger partial charge >= 0.3 is 0 Å². The van der Waals surface area contributed by atoms with Crippen LogP contribution in [-0.2, 0) is 0 Å². The molecule has 4 heteroatoms. The van der Waals surface area contributed by atoms with Crippen LogP contribution in [0.3, 0.4) is 0 Å². The molecule has 13 aromatic rings. The van der Waals surface area contributed by atoms with Crippen molar-refractivity contribution in [3.05, 3.63) is 242 Å². The summed E-state index contributed by atoms with van der Waals surface area (Å²) in [5, 5.41) is 8.70. The maximum atomic E-state index is 6.83. The van der Waals surface area contributed by atoms with Crippen LogP contribution < -0.4 is 9.80 Å². The third kappa shape index (κ3) is 6.68. The Hall–Kier alpha value is -8.86. The van der Waals surface area contributed by atoms with E-state index < -0.39 is 0 Å². The van der Waals surface area contributed by atoms with E-state index in [1.165, 1.54) is 33.4 Å². The third-order valence-corrected chi connectivity index (χ3v) is 13.7. The second-order valence-corrected chi connectivity index (χ2v) is 17.9. The number of hydrogen-bond donors (Lipinski definition) is 0. The quantitative estimate of drug-likeness (QED) is 0.152. The Balaban J connectivity index is 0.892. The molecule has 0 aliphatic heterocycles. The average Bonchev–Trinajstić information content (AvgIpc) is 3.94. The van der Waals surface area contributed by atoms with Crippen LogP contribution in [0, 0.1) is 13.8 Å². The molecule has 4 nitrogen and oxygen atoms in total. The summed E-state index contributed by atoms with van der Waals surface area (Å²) >= 11 is 0. The van der Waals surface area contributed by atoms with Crippen molar-refractivity contribution in [2.45, 2.75) is 13.8 Å². The molecule has 2 heterocycles. The first-order chi connectivity index (χ1) is 33.5. The largest absolute Gasteiger partial charge is 0.452 e. The summed E-state index contributed by atoms with van der Waals surface area (Å²) in [7, 11) is 0. The summed E-state index contributed by atoms with van der Waals surface area (Å²) in [6, 6.07) is 82.6. The molecule has 322 valence electrons. The van der Waals surface area contributed by atoms with Gasteiger partial charge in [0.2, 0.25) is 0 Å². The second-order valence-electron chi connectivity index (χ2n) is 17.9. The minimum absolute atomic E-state index is 0.763. The van der Waals surface area contributed by atoms with Gasteiger partial charge < -0.3 is 18.6 Å². The lowest BCUT2D eigenvalue weighted by atomic mass is 10.0. The van der Waals surface area contributed by atoms with Crippen LogP contribution in [0.4, 0.5) is 34.1 Å². The van der Waals surface area contributed by atoms with E-state index in [1.807, 2.05) is 0 Å². The molecule has 13 rings (SSSR count). The lowest BCUT2D eigenvalue weighted by Crippen LogP contribution is -2.11. The highest BCUT2D eigenvalue weighted by atomic mass is 16.4. The van der Waals surface area contributed by atoms with Gasteiger partial charge in [-0.25, -0.2) is 0 Å². The van der Waals surface area contributed by atoms with Crippen molar-refractivity contribution in [2.24, 2.45) is 0 Å². The predicted molar refractivity (Wildman–Crippen MR) is 286 cm³/mol. The Morgan fingerprint density at radius 3 is 1.06 bits per heavy atom. The van der Waals surface area contributed by atoms with Gasteiger partial charge in [0.1, 0.15) is 11.2 Å². The summed E-state index contributed by atoms with van der Waals surface area (Å²) < 4.78 is 13.7. The molecule has 0 aliphatic carbocycles. The zero-order valence-corrected chi connectivity index (χ0v) is 37.7. The molecule has 11 aromatic carbocycles. The van der Waals surface area contributed by atoms with Crippen LogP contribution in [-0.4, -0.2) is 0 Å². The standard InChI is InChI=1S/C64H44N2O2/c1-41-13-9-11-19-59(41)65(51-27-21-45(22-28-51)43-15-5-3-6-16-43)53-31-25-47-37-57-55-33-34-56-58-38-48-26-32-54(36-50(48)40-62(58)68-64(56)63(55)67-61(57)39-49(47)35-53)66(60-20-12-10-14-42(60)2)52-29-23-46(24-30-52)44-17-7-4-8-18-44/h3-40H,1-2H3. The van der Waals surface area contributed by atoms with Crippen molar-refractivity contribution in [1.82, 2.24) is 0 Å². The number of nitrogens with zero attached hydrogens (tertiary/aromatic N) is 2. The molecule has 0 amide bonds. The van der Waals surface area contributed by atoms with E-state index in [-0.39, 0.29) is 0 Å². The van der Waals surface area contributed by atoms with Crippen LogP contribution in [0.25, 0.3) is 87.7 Å². The molecule has 0 aliphatic rings. The van der Waals surface area contributed by atoms with E-state index in [1.54, 1.807) is 0 Å². The lowest BCUT2D eigenvalue weighted by Gasteiger charge is -2.27. The third-order valence-electron chi connectivity index (χ3n) is 13.7. The minimum Gasteiger partial charge on any atom is -0.452 e. The predicted octanol–water partition coefficient (Wildman–Crippen LogP) is 18.7. The fourth-order valence-electron chi connectivity index (χ4n) is 10.2. The van der Waals surface area contributed by atoms with Gasteiger partial charge in [-0.05, 0) is 166 Å². The molecule has 0 unspecified atom stereocenters. The Kier molecular flexibility index (Phi) is 9.26. The smallest absolute Gasteiger partial charge is 0.178 e. The van der Waals surface area contributed by atoms with Crippen LogP contribution in [0.15, 0.2) is 239 Å². The molecule has 0 spiro atoms. The fourth-order valence-corrected chi connectivity index (χ4v) is 10.2. The Bertz CT molecular complexity index is 3770. The average molecular weight is 873 g/mol. The molecule has 0 atom stereocenters. The van der Waals surface area contributed by atoms with Crippen LogP contribution in [0.2, 0.25) is 0 Å². The van der Waals surface area contributed by atoms with E-state index >= 15 is 0 Å². The van der Waals surface area contributed by atoms with E-state index in [0.29, 0.717) is 0 Å². The van der Waals surface area contributed by atoms with Crippen molar-refractivity contribution in [2.75, 3.05) is 9.80 Å². The molecule has 2 aromatic heterocycles. The van der Waals surface area contributed by atoms with Crippen LogP contribution in [0.5, 0.6) is 0 Å². The minimum atomic E-state index is 0.763. The molecule has 0 bridgehead atoms. The molecular formula is C64H44N2O2. The number of hydrogen-bond acceptors (Lipinski definition) is 4. The molecule has 0 saturated heterocycles. The Morgan fingerprint density at radius 2 is 0.647 bits per heavy atom. The molecule has 0 saturated carbocycles. The first-order valence-electron chi connectivity index (χ1n) is 23.2. The number of anilines is 6. The van der Waals surface area contributed by atoms with E-state index in [0.717, 1.165) is 99.5 Å². The molecule has 0 radical (unpaired) electrons. The van der Waals surface area contributed by atoms with Crippen molar-refractivity contribution < 1.29 is 8.83 Å².